The molecule has 0 atom stereocenters. The number of hydrogen-bond acceptors (Lipinski definition) is 5. The van der Waals surface area contributed by atoms with Gasteiger partial charge in [-0.3, -0.25) is 0 Å². The zero-order valence-electron chi connectivity index (χ0n) is 18.6. The Morgan fingerprint density at radius 2 is 1.75 bits per heavy atom. The van der Waals surface area contributed by atoms with Gasteiger partial charge >= 0.3 is 6.09 Å². The van der Waals surface area contributed by atoms with Crippen molar-refractivity contribution in [3.05, 3.63) is 35.2 Å². The van der Waals surface area contributed by atoms with Crippen LogP contribution in [0.4, 0.5) is 9.93 Å². The molecule has 156 valence electrons. The minimum absolute atomic E-state index is 0.265. The molecule has 2 rings (SSSR count). The van der Waals surface area contributed by atoms with Crippen LogP contribution in [0, 0.1) is 0 Å². The zero-order chi connectivity index (χ0) is 21.3. The molecule has 28 heavy (non-hydrogen) atoms. The number of anilines is 1. The molecule has 0 bridgehead atoms. The summed E-state index contributed by atoms with van der Waals surface area (Å²) in [6, 6.07) is 8.22. The van der Waals surface area contributed by atoms with E-state index in [0.717, 1.165) is 28.4 Å². The smallest absolute Gasteiger partial charge is 0.410 e. The Labute approximate surface area is 174 Å². The highest BCUT2D eigenvalue weighted by Crippen LogP contribution is 2.26. The minimum Gasteiger partial charge on any atom is -0.444 e. The molecule has 1 amide bonds. The lowest BCUT2D eigenvalue weighted by atomic mass is 10.1. The molecule has 0 saturated heterocycles. The van der Waals surface area contributed by atoms with Gasteiger partial charge < -0.3 is 14.5 Å². The summed E-state index contributed by atoms with van der Waals surface area (Å²) in [6.07, 6.45) is 0.627. The van der Waals surface area contributed by atoms with Crippen molar-refractivity contribution in [3.8, 4) is 11.3 Å². The lowest BCUT2D eigenvalue weighted by Gasteiger charge is -2.27. The summed E-state index contributed by atoms with van der Waals surface area (Å²) < 4.78 is 5.52. The van der Waals surface area contributed by atoms with E-state index in [4.69, 9.17) is 4.74 Å². The largest absolute Gasteiger partial charge is 0.444 e. The van der Waals surface area contributed by atoms with Crippen molar-refractivity contribution in [1.29, 1.82) is 0 Å². The van der Waals surface area contributed by atoms with Gasteiger partial charge in [-0.05, 0) is 32.8 Å². The first-order chi connectivity index (χ1) is 13.2. The molecule has 1 heterocycles. The monoisotopic (exact) mass is 405 g/mol. The predicted molar refractivity (Wildman–Crippen MR) is 120 cm³/mol. The quantitative estimate of drug-likeness (QED) is 0.587. The molecule has 0 saturated carbocycles. The van der Waals surface area contributed by atoms with Gasteiger partial charge in [0.1, 0.15) is 5.60 Å². The summed E-state index contributed by atoms with van der Waals surface area (Å²) in [4.78, 5) is 20.8. The average Bonchev–Trinajstić information content (AvgIpc) is 3.13. The maximum Gasteiger partial charge on any atom is 0.410 e. The van der Waals surface area contributed by atoms with Crippen molar-refractivity contribution < 1.29 is 9.53 Å². The van der Waals surface area contributed by atoms with Crippen molar-refractivity contribution in [2.75, 3.05) is 25.5 Å². The van der Waals surface area contributed by atoms with Gasteiger partial charge in [0.2, 0.25) is 0 Å². The van der Waals surface area contributed by atoms with Crippen molar-refractivity contribution >= 4 is 22.6 Å². The third kappa shape index (κ3) is 7.50. The van der Waals surface area contributed by atoms with E-state index >= 15 is 0 Å². The molecule has 2 aromatic rings. The van der Waals surface area contributed by atoms with Gasteiger partial charge in [0.25, 0.3) is 0 Å². The summed E-state index contributed by atoms with van der Waals surface area (Å²) in [5.41, 5.74) is 2.65. The van der Waals surface area contributed by atoms with Crippen LogP contribution in [-0.4, -0.2) is 42.2 Å². The van der Waals surface area contributed by atoms with Gasteiger partial charge in [-0.15, -0.1) is 11.3 Å². The molecule has 0 aliphatic rings. The molecular formula is C22H35N3O2S. The Morgan fingerprint density at radius 1 is 1.14 bits per heavy atom. The lowest BCUT2D eigenvalue weighted by Crippen LogP contribution is -2.36. The number of nitrogens with zero attached hydrogens (tertiary/aromatic N) is 3. The molecule has 0 fully saturated rings. The van der Waals surface area contributed by atoms with E-state index in [2.05, 4.69) is 41.6 Å². The van der Waals surface area contributed by atoms with E-state index in [-0.39, 0.29) is 6.09 Å². The van der Waals surface area contributed by atoms with Crippen LogP contribution in [0.15, 0.2) is 29.6 Å². The maximum absolute atomic E-state index is 12.4. The number of carbonyl (C=O) groups is 1. The lowest BCUT2D eigenvalue weighted by molar-refractivity contribution is 0.0233. The van der Waals surface area contributed by atoms with E-state index < -0.39 is 5.60 Å². The van der Waals surface area contributed by atoms with Crippen LogP contribution in [0.25, 0.3) is 11.3 Å². The van der Waals surface area contributed by atoms with E-state index in [9.17, 15) is 4.79 Å². The van der Waals surface area contributed by atoms with E-state index in [0.29, 0.717) is 13.1 Å². The molecular weight excluding hydrogens is 370 g/mol. The van der Waals surface area contributed by atoms with E-state index in [1.807, 2.05) is 53.6 Å². The highest BCUT2D eigenvalue weighted by Gasteiger charge is 2.21. The molecule has 0 unspecified atom stereocenters. The van der Waals surface area contributed by atoms with Crippen LogP contribution in [-0.2, 0) is 11.3 Å². The van der Waals surface area contributed by atoms with Gasteiger partial charge in [0.15, 0.2) is 5.13 Å². The molecule has 6 heteroatoms. The summed E-state index contributed by atoms with van der Waals surface area (Å²) in [7, 11) is 3.98. The van der Waals surface area contributed by atoms with Crippen LogP contribution in [0.5, 0.6) is 0 Å². The molecule has 0 N–H and O–H groups in total. The highest BCUT2D eigenvalue weighted by molar-refractivity contribution is 7.14. The Bertz CT molecular complexity index is 718. The number of hydrogen-bond donors (Lipinski definition) is 0. The molecule has 1 aromatic carbocycles. The number of amides is 1. The third-order valence-corrected chi connectivity index (χ3v) is 4.65. The summed E-state index contributed by atoms with van der Waals surface area (Å²) in [5.74, 6) is 0. The van der Waals surface area contributed by atoms with Gasteiger partial charge in [-0.1, -0.05) is 45.0 Å². The van der Waals surface area contributed by atoms with Crippen molar-refractivity contribution in [2.24, 2.45) is 0 Å². The van der Waals surface area contributed by atoms with Crippen LogP contribution in [0.2, 0.25) is 0 Å². The van der Waals surface area contributed by atoms with Crippen LogP contribution >= 0.6 is 11.3 Å². The Balaban J connectivity index is 0.00000190. The molecule has 0 aliphatic heterocycles. The normalized spacial score (nSPS) is 10.7. The third-order valence-electron chi connectivity index (χ3n) is 3.64. The highest BCUT2D eigenvalue weighted by atomic mass is 32.1. The Hall–Kier alpha value is -2.08. The molecule has 5 nitrogen and oxygen atoms in total. The summed E-state index contributed by atoms with van der Waals surface area (Å²) >= 11 is 1.63. The molecule has 1 aromatic heterocycles. The van der Waals surface area contributed by atoms with Crippen LogP contribution in [0.3, 0.4) is 0 Å². The first-order valence-electron chi connectivity index (χ1n) is 9.89. The molecule has 0 aliphatic carbocycles. The number of benzene rings is 1. The molecule has 0 radical (unpaired) electrons. The van der Waals surface area contributed by atoms with Gasteiger partial charge in [0, 0.05) is 38.1 Å². The number of aromatic nitrogens is 1. The Morgan fingerprint density at radius 3 is 2.21 bits per heavy atom. The number of carbonyl (C=O) groups excluding carboxylic acids is 1. The van der Waals surface area contributed by atoms with Gasteiger partial charge in [0.05, 0.1) is 5.69 Å². The summed E-state index contributed by atoms with van der Waals surface area (Å²) in [6.45, 7) is 12.9. The Kier molecular flexibility index (Phi) is 9.46. The fourth-order valence-corrected chi connectivity index (χ4v) is 3.20. The number of ether oxygens (including phenoxy) is 1. The first kappa shape index (κ1) is 24.0. The first-order valence-corrected chi connectivity index (χ1v) is 10.8. The van der Waals surface area contributed by atoms with Crippen LogP contribution < -0.4 is 4.90 Å². The van der Waals surface area contributed by atoms with Gasteiger partial charge in [-0.2, -0.15) is 0 Å². The van der Waals surface area contributed by atoms with Crippen molar-refractivity contribution in [3.63, 3.8) is 0 Å². The topological polar surface area (TPSA) is 45.7 Å². The SMILES string of the molecule is CC.CCCN(Cc1ccc(-c2csc(N(C)C)n2)cc1)C(=O)OC(C)(C)C. The fraction of sp³-hybridized carbons (Fsp3) is 0.545. The van der Waals surface area contributed by atoms with E-state index in [1.54, 1.807) is 16.2 Å². The van der Waals surface area contributed by atoms with Crippen molar-refractivity contribution in [1.82, 2.24) is 9.88 Å². The summed E-state index contributed by atoms with van der Waals surface area (Å²) in [5, 5.41) is 3.05. The fourth-order valence-electron chi connectivity index (χ4n) is 2.43. The second-order valence-electron chi connectivity index (χ2n) is 7.51. The average molecular weight is 406 g/mol. The standard InChI is InChI=1S/C20H29N3O2S.C2H6/c1-7-12-23(19(24)25-20(2,3)4)13-15-8-10-16(11-9-15)17-14-26-18(21-17)22(5)6;1-2/h8-11,14H,7,12-13H2,1-6H3;1-2H3. The zero-order valence-corrected chi connectivity index (χ0v) is 19.4. The number of thiazole rings is 1. The minimum atomic E-state index is -0.484. The van der Waals surface area contributed by atoms with Crippen LogP contribution in [0.1, 0.15) is 53.5 Å². The van der Waals surface area contributed by atoms with E-state index in [1.165, 1.54) is 0 Å². The van der Waals surface area contributed by atoms with Crippen molar-refractivity contribution in [2.45, 2.75) is 60.1 Å². The maximum atomic E-state index is 12.4. The number of rotatable bonds is 6. The molecule has 0 spiro atoms. The second-order valence-corrected chi connectivity index (χ2v) is 8.35. The van der Waals surface area contributed by atoms with Gasteiger partial charge in [-0.25, -0.2) is 9.78 Å². The predicted octanol–water partition coefficient (Wildman–Crippen LogP) is 6.05. The second kappa shape index (κ2) is 11.1.